The fourth-order valence-corrected chi connectivity index (χ4v) is 1.95. The maximum Gasteiger partial charge on any atom is 0.165 e. The Morgan fingerprint density at radius 3 is 2.71 bits per heavy atom. The molecule has 2 N–H and O–H groups in total. The van der Waals surface area contributed by atoms with E-state index >= 15 is 0 Å². The highest BCUT2D eigenvalue weighted by Gasteiger charge is 2.08. The van der Waals surface area contributed by atoms with Crippen LogP contribution in [0.5, 0.6) is 17.2 Å². The Kier molecular flexibility index (Phi) is 4.87. The number of ether oxygens (including phenoxy) is 2. The number of phenols is 1. The standard InChI is InChI=1S/C16H18FNO3/c1-3-21-14-8-7-12(9-15(14)20-2)18-10-11-5-4-6-13(17)16(11)19/h4-9,18-19H,3,10H2,1-2H3. The Balaban J connectivity index is 2.11. The third kappa shape index (κ3) is 3.56. The lowest BCUT2D eigenvalue weighted by atomic mass is 10.2. The summed E-state index contributed by atoms with van der Waals surface area (Å²) in [5, 5.41) is 12.7. The summed E-state index contributed by atoms with van der Waals surface area (Å²) in [6, 6.07) is 9.88. The zero-order valence-electron chi connectivity index (χ0n) is 12.0. The lowest BCUT2D eigenvalue weighted by Gasteiger charge is -2.13. The van der Waals surface area contributed by atoms with Gasteiger partial charge in [-0.05, 0) is 25.1 Å². The molecule has 0 spiro atoms. The molecule has 5 heteroatoms. The molecule has 0 radical (unpaired) electrons. The summed E-state index contributed by atoms with van der Waals surface area (Å²) in [6.45, 7) is 2.76. The van der Waals surface area contributed by atoms with Gasteiger partial charge in [-0.25, -0.2) is 4.39 Å². The largest absolute Gasteiger partial charge is 0.505 e. The zero-order valence-corrected chi connectivity index (χ0v) is 12.0. The van der Waals surface area contributed by atoms with Crippen LogP contribution in [-0.2, 0) is 6.54 Å². The van der Waals surface area contributed by atoms with Crippen molar-refractivity contribution in [1.29, 1.82) is 0 Å². The first-order chi connectivity index (χ1) is 10.2. The third-order valence-electron chi connectivity index (χ3n) is 3.02. The van der Waals surface area contributed by atoms with E-state index < -0.39 is 5.82 Å². The predicted molar refractivity (Wildman–Crippen MR) is 79.6 cm³/mol. The summed E-state index contributed by atoms with van der Waals surface area (Å²) < 4.78 is 23.9. The summed E-state index contributed by atoms with van der Waals surface area (Å²) in [4.78, 5) is 0. The number of phenolic OH excluding ortho intramolecular Hbond substituents is 1. The minimum absolute atomic E-state index is 0.306. The minimum atomic E-state index is -0.626. The second-order valence-electron chi connectivity index (χ2n) is 4.40. The van der Waals surface area contributed by atoms with Gasteiger partial charge in [0, 0.05) is 23.9 Å². The number of nitrogens with one attached hydrogen (secondary N) is 1. The minimum Gasteiger partial charge on any atom is -0.505 e. The molecule has 0 fully saturated rings. The van der Waals surface area contributed by atoms with Crippen LogP contribution in [0.3, 0.4) is 0 Å². The quantitative estimate of drug-likeness (QED) is 0.854. The van der Waals surface area contributed by atoms with Crippen LogP contribution in [0.4, 0.5) is 10.1 Å². The molecule has 2 rings (SSSR count). The first kappa shape index (κ1) is 15.0. The molecule has 0 amide bonds. The molecular weight excluding hydrogens is 273 g/mol. The van der Waals surface area contributed by atoms with Crippen LogP contribution in [0.15, 0.2) is 36.4 Å². The summed E-state index contributed by atoms with van der Waals surface area (Å²) >= 11 is 0. The molecule has 0 saturated carbocycles. The van der Waals surface area contributed by atoms with Crippen molar-refractivity contribution in [2.45, 2.75) is 13.5 Å². The average molecular weight is 291 g/mol. The van der Waals surface area contributed by atoms with Gasteiger partial charge in [-0.15, -0.1) is 0 Å². The van der Waals surface area contributed by atoms with Crippen molar-refractivity contribution in [1.82, 2.24) is 0 Å². The van der Waals surface area contributed by atoms with Crippen LogP contribution < -0.4 is 14.8 Å². The van der Waals surface area contributed by atoms with Crippen LogP contribution in [0, 0.1) is 5.82 Å². The molecule has 0 aliphatic heterocycles. The van der Waals surface area contributed by atoms with Crippen LogP contribution in [0.1, 0.15) is 12.5 Å². The highest BCUT2D eigenvalue weighted by atomic mass is 19.1. The van der Waals surface area contributed by atoms with Crippen LogP contribution in [-0.4, -0.2) is 18.8 Å². The van der Waals surface area contributed by atoms with E-state index in [-0.39, 0.29) is 5.75 Å². The summed E-state index contributed by atoms with van der Waals surface area (Å²) in [5.74, 6) is 0.325. The molecule has 0 bridgehead atoms. The molecule has 0 aromatic heterocycles. The molecule has 21 heavy (non-hydrogen) atoms. The molecule has 0 heterocycles. The van der Waals surface area contributed by atoms with E-state index in [0.29, 0.717) is 30.2 Å². The second-order valence-corrected chi connectivity index (χ2v) is 4.40. The molecule has 0 aliphatic rings. The number of hydrogen-bond donors (Lipinski definition) is 2. The van der Waals surface area contributed by atoms with Gasteiger partial charge < -0.3 is 19.9 Å². The van der Waals surface area contributed by atoms with E-state index in [9.17, 15) is 9.50 Å². The molecule has 0 unspecified atom stereocenters. The number of anilines is 1. The maximum atomic E-state index is 13.2. The van der Waals surface area contributed by atoms with Gasteiger partial charge >= 0.3 is 0 Å². The Morgan fingerprint density at radius 2 is 2.00 bits per heavy atom. The zero-order chi connectivity index (χ0) is 15.2. The Bertz CT molecular complexity index is 616. The van der Waals surface area contributed by atoms with E-state index in [1.807, 2.05) is 13.0 Å². The van der Waals surface area contributed by atoms with Gasteiger partial charge in [-0.2, -0.15) is 0 Å². The monoisotopic (exact) mass is 291 g/mol. The average Bonchev–Trinajstić information content (AvgIpc) is 2.50. The molecular formula is C16H18FNO3. The van der Waals surface area contributed by atoms with Crippen molar-refractivity contribution < 1.29 is 19.0 Å². The van der Waals surface area contributed by atoms with Crippen LogP contribution in [0.25, 0.3) is 0 Å². The van der Waals surface area contributed by atoms with Crippen molar-refractivity contribution in [3.63, 3.8) is 0 Å². The van der Waals surface area contributed by atoms with E-state index in [1.54, 1.807) is 31.4 Å². The second kappa shape index (κ2) is 6.83. The number of halogens is 1. The summed E-state index contributed by atoms with van der Waals surface area (Å²) in [6.07, 6.45) is 0. The van der Waals surface area contributed by atoms with Crippen LogP contribution >= 0.6 is 0 Å². The first-order valence-corrected chi connectivity index (χ1v) is 6.66. The van der Waals surface area contributed by atoms with Gasteiger partial charge in [-0.1, -0.05) is 12.1 Å². The lowest BCUT2D eigenvalue weighted by Crippen LogP contribution is -2.02. The lowest BCUT2D eigenvalue weighted by molar-refractivity contribution is 0.311. The Morgan fingerprint density at radius 1 is 1.19 bits per heavy atom. The fraction of sp³-hybridized carbons (Fsp3) is 0.250. The molecule has 2 aromatic rings. The molecule has 0 aliphatic carbocycles. The summed E-state index contributed by atoms with van der Waals surface area (Å²) in [5.41, 5.74) is 1.28. The SMILES string of the molecule is CCOc1ccc(NCc2cccc(F)c2O)cc1OC. The van der Waals surface area contributed by atoms with Gasteiger partial charge in [0.1, 0.15) is 0 Å². The topological polar surface area (TPSA) is 50.7 Å². The Labute approximate surface area is 123 Å². The molecule has 112 valence electrons. The Hall–Kier alpha value is -2.43. The number of hydrogen-bond acceptors (Lipinski definition) is 4. The van der Waals surface area contributed by atoms with E-state index in [1.165, 1.54) is 6.07 Å². The van der Waals surface area contributed by atoms with Crippen molar-refractivity contribution >= 4 is 5.69 Å². The highest BCUT2D eigenvalue weighted by molar-refractivity contribution is 5.55. The van der Waals surface area contributed by atoms with Crippen molar-refractivity contribution in [2.24, 2.45) is 0 Å². The van der Waals surface area contributed by atoms with Crippen molar-refractivity contribution in [3.05, 3.63) is 47.8 Å². The number of methoxy groups -OCH3 is 1. The number of benzene rings is 2. The van der Waals surface area contributed by atoms with Gasteiger partial charge in [0.15, 0.2) is 23.1 Å². The van der Waals surface area contributed by atoms with Gasteiger partial charge in [-0.3, -0.25) is 0 Å². The number of rotatable bonds is 6. The third-order valence-corrected chi connectivity index (χ3v) is 3.02. The molecule has 2 aromatic carbocycles. The highest BCUT2D eigenvalue weighted by Crippen LogP contribution is 2.30. The predicted octanol–water partition coefficient (Wildman–Crippen LogP) is 3.55. The molecule has 0 saturated heterocycles. The van der Waals surface area contributed by atoms with Crippen molar-refractivity contribution in [2.75, 3.05) is 19.0 Å². The molecule has 0 atom stereocenters. The smallest absolute Gasteiger partial charge is 0.165 e. The van der Waals surface area contributed by atoms with Crippen molar-refractivity contribution in [3.8, 4) is 17.2 Å². The number of para-hydroxylation sites is 1. The molecule has 4 nitrogen and oxygen atoms in total. The number of aromatic hydroxyl groups is 1. The van der Waals surface area contributed by atoms with E-state index in [4.69, 9.17) is 9.47 Å². The van der Waals surface area contributed by atoms with E-state index in [0.717, 1.165) is 5.69 Å². The van der Waals surface area contributed by atoms with Crippen LogP contribution in [0.2, 0.25) is 0 Å². The van der Waals surface area contributed by atoms with Gasteiger partial charge in [0.05, 0.1) is 13.7 Å². The van der Waals surface area contributed by atoms with Gasteiger partial charge in [0.2, 0.25) is 0 Å². The fourth-order valence-electron chi connectivity index (χ4n) is 1.95. The van der Waals surface area contributed by atoms with Gasteiger partial charge in [0.25, 0.3) is 0 Å². The maximum absolute atomic E-state index is 13.2. The van der Waals surface area contributed by atoms with E-state index in [2.05, 4.69) is 5.32 Å². The summed E-state index contributed by atoms with van der Waals surface area (Å²) in [7, 11) is 1.57. The first-order valence-electron chi connectivity index (χ1n) is 6.66. The normalized spacial score (nSPS) is 10.2.